The second kappa shape index (κ2) is 7.49. The summed E-state index contributed by atoms with van der Waals surface area (Å²) in [6.45, 7) is 4.11. The van der Waals surface area contributed by atoms with Crippen molar-refractivity contribution in [2.24, 2.45) is 23.7 Å². The van der Waals surface area contributed by atoms with Crippen LogP contribution in [-0.4, -0.2) is 17.7 Å². The summed E-state index contributed by atoms with van der Waals surface area (Å²) in [6, 6.07) is 13.0. The molecule has 2 fully saturated rings. The minimum Gasteiger partial charge on any atom is -0.321 e. The Labute approximate surface area is 182 Å². The molecule has 3 aliphatic rings. The van der Waals surface area contributed by atoms with Crippen molar-refractivity contribution in [2.75, 3.05) is 10.2 Å². The molecule has 0 aromatic heterocycles. The van der Waals surface area contributed by atoms with Gasteiger partial charge in [-0.25, -0.2) is 4.90 Å². The Hall–Kier alpha value is -3.21. The number of hydrogen-bond donors (Lipinski definition) is 1. The van der Waals surface area contributed by atoms with E-state index in [1.54, 1.807) is 24.3 Å². The van der Waals surface area contributed by atoms with Gasteiger partial charge in [0.1, 0.15) is 0 Å². The molecule has 4 atom stereocenters. The first-order valence-corrected chi connectivity index (χ1v) is 11.1. The van der Waals surface area contributed by atoms with Gasteiger partial charge in [-0.15, -0.1) is 0 Å². The first kappa shape index (κ1) is 19.7. The lowest BCUT2D eigenvalue weighted by Gasteiger charge is -2.21. The van der Waals surface area contributed by atoms with E-state index < -0.39 is 0 Å². The van der Waals surface area contributed by atoms with Crippen LogP contribution in [0.1, 0.15) is 41.8 Å². The molecule has 5 rings (SSSR count). The summed E-state index contributed by atoms with van der Waals surface area (Å²) in [4.78, 5) is 41.1. The Morgan fingerprint density at radius 2 is 1.48 bits per heavy atom. The number of carbonyl (C=O) groups excluding carboxylic acids is 3. The van der Waals surface area contributed by atoms with E-state index in [1.165, 1.54) is 4.90 Å². The molecule has 0 unspecified atom stereocenters. The Morgan fingerprint density at radius 1 is 0.903 bits per heavy atom. The van der Waals surface area contributed by atoms with Crippen molar-refractivity contribution in [2.45, 2.75) is 33.1 Å². The Morgan fingerprint density at radius 3 is 2.06 bits per heavy atom. The molecule has 158 valence electrons. The maximum atomic E-state index is 13.4. The van der Waals surface area contributed by atoms with E-state index in [2.05, 4.69) is 31.3 Å². The van der Waals surface area contributed by atoms with Crippen LogP contribution in [0.25, 0.3) is 0 Å². The van der Waals surface area contributed by atoms with Crippen LogP contribution in [0.5, 0.6) is 0 Å². The molecule has 5 heteroatoms. The van der Waals surface area contributed by atoms with Crippen molar-refractivity contribution in [3.05, 3.63) is 71.3 Å². The predicted molar refractivity (Wildman–Crippen MR) is 120 cm³/mol. The fraction of sp³-hybridized carbons (Fsp3) is 0.346. The number of hydrogen-bond acceptors (Lipinski definition) is 3. The van der Waals surface area contributed by atoms with Crippen LogP contribution in [0.15, 0.2) is 54.6 Å². The molecule has 2 bridgehead atoms. The fourth-order valence-corrected chi connectivity index (χ4v) is 5.58. The van der Waals surface area contributed by atoms with Gasteiger partial charge in [0.2, 0.25) is 11.8 Å². The van der Waals surface area contributed by atoms with Crippen molar-refractivity contribution in [1.29, 1.82) is 0 Å². The van der Waals surface area contributed by atoms with Gasteiger partial charge >= 0.3 is 0 Å². The molecule has 1 saturated heterocycles. The fourth-order valence-electron chi connectivity index (χ4n) is 5.58. The third-order valence-electron chi connectivity index (χ3n) is 7.10. The lowest BCUT2D eigenvalue weighted by molar-refractivity contribution is -0.123. The summed E-state index contributed by atoms with van der Waals surface area (Å²) in [5.74, 6) is -0.935. The quantitative estimate of drug-likeness (QED) is 0.583. The molecule has 2 aromatic rings. The van der Waals surface area contributed by atoms with Crippen LogP contribution in [-0.2, 0) is 22.4 Å². The van der Waals surface area contributed by atoms with Crippen LogP contribution in [0.4, 0.5) is 11.4 Å². The minimum absolute atomic E-state index is 0.140. The molecule has 1 N–H and O–H groups in total. The molecule has 1 aliphatic heterocycles. The van der Waals surface area contributed by atoms with E-state index in [1.807, 2.05) is 18.2 Å². The van der Waals surface area contributed by atoms with E-state index in [-0.39, 0.29) is 41.4 Å². The second-order valence-corrected chi connectivity index (χ2v) is 8.64. The van der Waals surface area contributed by atoms with Crippen LogP contribution < -0.4 is 10.2 Å². The molecule has 0 radical (unpaired) electrons. The number of carbonyl (C=O) groups is 3. The molecule has 1 saturated carbocycles. The SMILES string of the molecule is CCc1cccc(CC)c1NC(=O)c1ccccc1N1C(=O)[C@@H]2[C@H](C1=O)[C@H]1C=C[C@H]2C1. The van der Waals surface area contributed by atoms with Gasteiger partial charge < -0.3 is 5.32 Å². The summed E-state index contributed by atoms with van der Waals surface area (Å²) in [7, 11) is 0. The van der Waals surface area contributed by atoms with Crippen LogP contribution in [0.3, 0.4) is 0 Å². The maximum absolute atomic E-state index is 13.4. The zero-order valence-corrected chi connectivity index (χ0v) is 17.8. The molecule has 3 amide bonds. The summed E-state index contributed by atoms with van der Waals surface area (Å²) >= 11 is 0. The summed E-state index contributed by atoms with van der Waals surface area (Å²) in [5.41, 5.74) is 3.69. The van der Waals surface area contributed by atoms with E-state index >= 15 is 0 Å². The van der Waals surface area contributed by atoms with Gasteiger partial charge in [0.15, 0.2) is 0 Å². The topological polar surface area (TPSA) is 66.5 Å². The van der Waals surface area contributed by atoms with Gasteiger partial charge in [0.25, 0.3) is 5.91 Å². The normalized spacial score (nSPS) is 25.9. The van der Waals surface area contributed by atoms with E-state index in [9.17, 15) is 14.4 Å². The van der Waals surface area contributed by atoms with Crippen molar-refractivity contribution >= 4 is 29.1 Å². The van der Waals surface area contributed by atoms with Gasteiger partial charge in [0, 0.05) is 5.69 Å². The number of allylic oxidation sites excluding steroid dienone is 2. The van der Waals surface area contributed by atoms with Crippen molar-refractivity contribution < 1.29 is 14.4 Å². The lowest BCUT2D eigenvalue weighted by atomic mass is 9.85. The molecule has 2 aromatic carbocycles. The van der Waals surface area contributed by atoms with Crippen molar-refractivity contribution in [3.8, 4) is 0 Å². The van der Waals surface area contributed by atoms with Gasteiger partial charge in [0.05, 0.1) is 23.1 Å². The van der Waals surface area contributed by atoms with Crippen molar-refractivity contribution in [3.63, 3.8) is 0 Å². The molecule has 2 aliphatic carbocycles. The highest BCUT2D eigenvalue weighted by Crippen LogP contribution is 2.53. The third-order valence-corrected chi connectivity index (χ3v) is 7.10. The Kier molecular flexibility index (Phi) is 4.77. The maximum Gasteiger partial charge on any atom is 0.257 e. The van der Waals surface area contributed by atoms with Gasteiger partial charge in [-0.05, 0) is 54.4 Å². The van der Waals surface area contributed by atoms with Gasteiger partial charge in [-0.2, -0.15) is 0 Å². The lowest BCUT2D eigenvalue weighted by Crippen LogP contribution is -2.34. The Bertz CT molecular complexity index is 1070. The number of aryl methyl sites for hydroxylation is 2. The minimum atomic E-state index is -0.301. The highest BCUT2D eigenvalue weighted by molar-refractivity contribution is 6.25. The zero-order chi connectivity index (χ0) is 21.7. The molecule has 31 heavy (non-hydrogen) atoms. The summed E-state index contributed by atoms with van der Waals surface area (Å²) < 4.78 is 0. The second-order valence-electron chi connectivity index (χ2n) is 8.64. The highest BCUT2D eigenvalue weighted by Gasteiger charge is 2.59. The van der Waals surface area contributed by atoms with Gasteiger partial charge in [-0.1, -0.05) is 56.3 Å². The summed E-state index contributed by atoms with van der Waals surface area (Å²) in [5, 5.41) is 3.07. The van der Waals surface area contributed by atoms with E-state index in [0.717, 1.165) is 36.1 Å². The van der Waals surface area contributed by atoms with Gasteiger partial charge in [-0.3, -0.25) is 14.4 Å². The third kappa shape index (κ3) is 2.94. The highest BCUT2D eigenvalue weighted by atomic mass is 16.2. The van der Waals surface area contributed by atoms with Crippen molar-refractivity contribution in [1.82, 2.24) is 0 Å². The van der Waals surface area contributed by atoms with E-state index in [4.69, 9.17) is 0 Å². The van der Waals surface area contributed by atoms with E-state index in [0.29, 0.717) is 11.3 Å². The number of anilines is 2. The number of para-hydroxylation sites is 2. The predicted octanol–water partition coefficient (Wildman–Crippen LogP) is 4.38. The molecular formula is C26H26N2O3. The number of nitrogens with one attached hydrogen (secondary N) is 1. The standard InChI is InChI=1S/C26H26N2O3/c1-3-15-8-7-9-16(4-2)23(15)27-24(29)19-10-5-6-11-20(19)28-25(30)21-17-12-13-18(14-17)22(21)26(28)31/h5-13,17-18,21-22H,3-4,14H2,1-2H3,(H,27,29)/t17-,18-,21-,22+/m0/s1. The number of fused-ring (bicyclic) bond motifs is 5. The average molecular weight is 415 g/mol. The number of benzene rings is 2. The average Bonchev–Trinajstić information content (AvgIpc) is 3.47. The summed E-state index contributed by atoms with van der Waals surface area (Å²) in [6.07, 6.45) is 6.64. The monoisotopic (exact) mass is 414 g/mol. The van der Waals surface area contributed by atoms with Crippen LogP contribution >= 0.6 is 0 Å². The number of nitrogens with zero attached hydrogens (tertiary/aromatic N) is 1. The molecule has 1 heterocycles. The molecule has 5 nitrogen and oxygen atoms in total. The number of rotatable bonds is 5. The van der Waals surface area contributed by atoms with Crippen LogP contribution in [0, 0.1) is 23.7 Å². The zero-order valence-electron chi connectivity index (χ0n) is 17.8. The molecular weight excluding hydrogens is 388 g/mol. The first-order chi connectivity index (χ1) is 15.0. The van der Waals surface area contributed by atoms with Crippen LogP contribution in [0.2, 0.25) is 0 Å². The number of amides is 3. The number of imide groups is 1. The largest absolute Gasteiger partial charge is 0.321 e. The Balaban J connectivity index is 1.49. The smallest absolute Gasteiger partial charge is 0.257 e. The first-order valence-electron chi connectivity index (χ1n) is 11.1. The molecule has 0 spiro atoms.